The number of unbranched alkanes of at least 4 members (excludes halogenated alkanes) is 1. The normalized spacial score (nSPS) is 13.1. The van der Waals surface area contributed by atoms with Crippen molar-refractivity contribution in [3.8, 4) is 0 Å². The molecular formula is C19H38O6. The van der Waals surface area contributed by atoms with E-state index >= 15 is 0 Å². The highest BCUT2D eigenvalue weighted by atomic mass is 17.3. The molecule has 25 heavy (non-hydrogen) atoms. The third kappa shape index (κ3) is 13.2. The standard InChI is InChI=1S/C19H38O6/c1-9-11-15-21-16(20)12-14-19(13-10-2,24-22-17(3,4)5)25-23-18(6,7)8/h9-15H2,1-8H3. The molecule has 0 amide bonds. The molecule has 0 aromatic heterocycles. The molecule has 0 saturated heterocycles. The Balaban J connectivity index is 4.94. The van der Waals surface area contributed by atoms with Crippen LogP contribution < -0.4 is 0 Å². The van der Waals surface area contributed by atoms with Crippen LogP contribution in [0.25, 0.3) is 0 Å². The molecule has 0 aromatic rings. The third-order valence-electron chi connectivity index (χ3n) is 2.99. The van der Waals surface area contributed by atoms with E-state index in [-0.39, 0.29) is 18.8 Å². The van der Waals surface area contributed by atoms with Gasteiger partial charge in [0.2, 0.25) is 5.79 Å². The number of esters is 1. The second kappa shape index (κ2) is 11.1. The van der Waals surface area contributed by atoms with Crippen molar-refractivity contribution in [1.29, 1.82) is 0 Å². The lowest BCUT2D eigenvalue weighted by molar-refractivity contribution is -0.543. The van der Waals surface area contributed by atoms with E-state index in [0.29, 0.717) is 13.0 Å². The summed E-state index contributed by atoms with van der Waals surface area (Å²) in [6.07, 6.45) is 3.62. The van der Waals surface area contributed by atoms with Crippen LogP contribution >= 0.6 is 0 Å². The zero-order valence-electron chi connectivity index (χ0n) is 17.4. The Morgan fingerprint density at radius 3 is 1.68 bits per heavy atom. The van der Waals surface area contributed by atoms with Crippen molar-refractivity contribution in [1.82, 2.24) is 0 Å². The molecule has 150 valence electrons. The molecule has 0 aliphatic rings. The van der Waals surface area contributed by atoms with Crippen molar-refractivity contribution in [2.75, 3.05) is 6.61 Å². The largest absolute Gasteiger partial charge is 0.466 e. The van der Waals surface area contributed by atoms with Crippen molar-refractivity contribution in [2.45, 2.75) is 111 Å². The number of hydrogen-bond donors (Lipinski definition) is 0. The van der Waals surface area contributed by atoms with Gasteiger partial charge in [-0.3, -0.25) is 4.79 Å². The summed E-state index contributed by atoms with van der Waals surface area (Å²) in [5.41, 5.74) is -1.02. The zero-order chi connectivity index (χ0) is 19.6. The number of carbonyl (C=O) groups excluding carboxylic acids is 1. The Kier molecular flexibility index (Phi) is 10.8. The van der Waals surface area contributed by atoms with E-state index < -0.39 is 17.0 Å². The summed E-state index contributed by atoms with van der Waals surface area (Å²) in [6.45, 7) is 15.8. The summed E-state index contributed by atoms with van der Waals surface area (Å²) >= 11 is 0. The highest BCUT2D eigenvalue weighted by Crippen LogP contribution is 2.30. The van der Waals surface area contributed by atoms with Crippen LogP contribution in [0.1, 0.15) is 93.9 Å². The van der Waals surface area contributed by atoms with Crippen molar-refractivity contribution in [3.63, 3.8) is 0 Å². The van der Waals surface area contributed by atoms with Crippen LogP contribution in [0.4, 0.5) is 0 Å². The molecule has 0 radical (unpaired) electrons. The Morgan fingerprint density at radius 1 is 0.760 bits per heavy atom. The molecule has 0 heterocycles. The lowest BCUT2D eigenvalue weighted by Gasteiger charge is -2.35. The molecule has 0 N–H and O–H groups in total. The lowest BCUT2D eigenvalue weighted by atomic mass is 10.1. The topological polar surface area (TPSA) is 63.2 Å². The minimum atomic E-state index is -1.15. The number of hydrogen-bond acceptors (Lipinski definition) is 6. The first kappa shape index (κ1) is 24.3. The van der Waals surface area contributed by atoms with Gasteiger partial charge in [-0.2, -0.15) is 9.78 Å². The highest BCUT2D eigenvalue weighted by Gasteiger charge is 2.38. The molecule has 0 saturated carbocycles. The average Bonchev–Trinajstić information content (AvgIpc) is 2.47. The second-order valence-corrected chi connectivity index (χ2v) is 8.29. The predicted molar refractivity (Wildman–Crippen MR) is 96.6 cm³/mol. The Labute approximate surface area is 153 Å². The van der Waals surface area contributed by atoms with Gasteiger partial charge >= 0.3 is 5.97 Å². The number of ether oxygens (including phenoxy) is 1. The van der Waals surface area contributed by atoms with Crippen molar-refractivity contribution in [2.24, 2.45) is 0 Å². The first-order valence-electron chi connectivity index (χ1n) is 9.32. The molecule has 0 bridgehead atoms. The minimum Gasteiger partial charge on any atom is -0.466 e. The van der Waals surface area contributed by atoms with E-state index in [2.05, 4.69) is 6.92 Å². The summed E-state index contributed by atoms with van der Waals surface area (Å²) in [4.78, 5) is 34.2. The van der Waals surface area contributed by atoms with E-state index in [1.54, 1.807) is 0 Å². The van der Waals surface area contributed by atoms with E-state index in [1.165, 1.54) is 0 Å². The number of rotatable bonds is 12. The van der Waals surface area contributed by atoms with Crippen LogP contribution in [0.3, 0.4) is 0 Å². The molecule has 0 fully saturated rings. The fourth-order valence-corrected chi connectivity index (χ4v) is 1.78. The Bertz CT molecular complexity index is 349. The molecule has 0 aliphatic carbocycles. The Morgan fingerprint density at radius 2 is 1.28 bits per heavy atom. The van der Waals surface area contributed by atoms with Crippen LogP contribution in [-0.4, -0.2) is 29.6 Å². The van der Waals surface area contributed by atoms with Gasteiger partial charge in [0.25, 0.3) is 0 Å². The van der Waals surface area contributed by atoms with Gasteiger partial charge in [-0.15, -0.1) is 0 Å². The number of carbonyl (C=O) groups is 1. The quantitative estimate of drug-likeness (QED) is 0.158. The van der Waals surface area contributed by atoms with Gasteiger partial charge in [0.1, 0.15) is 0 Å². The van der Waals surface area contributed by atoms with E-state index in [0.717, 1.165) is 19.3 Å². The Hall–Kier alpha value is -0.690. The van der Waals surface area contributed by atoms with Gasteiger partial charge in [-0.25, -0.2) is 9.78 Å². The average molecular weight is 363 g/mol. The first-order chi connectivity index (χ1) is 11.4. The van der Waals surface area contributed by atoms with Gasteiger partial charge in [0, 0.05) is 12.8 Å². The summed E-state index contributed by atoms with van der Waals surface area (Å²) < 4.78 is 5.22. The molecular weight excluding hydrogens is 324 g/mol. The van der Waals surface area contributed by atoms with Crippen molar-refractivity contribution in [3.05, 3.63) is 0 Å². The fourth-order valence-electron chi connectivity index (χ4n) is 1.78. The van der Waals surface area contributed by atoms with Crippen molar-refractivity contribution < 1.29 is 29.1 Å². The van der Waals surface area contributed by atoms with E-state index in [9.17, 15) is 4.79 Å². The maximum atomic E-state index is 12.0. The van der Waals surface area contributed by atoms with Crippen LogP contribution in [0.15, 0.2) is 0 Å². The second-order valence-electron chi connectivity index (χ2n) is 8.29. The first-order valence-corrected chi connectivity index (χ1v) is 9.32. The van der Waals surface area contributed by atoms with E-state index in [4.69, 9.17) is 24.3 Å². The smallest absolute Gasteiger partial charge is 0.305 e. The van der Waals surface area contributed by atoms with E-state index in [1.807, 2.05) is 48.5 Å². The molecule has 0 rings (SSSR count). The zero-order valence-corrected chi connectivity index (χ0v) is 17.4. The molecule has 0 aromatic carbocycles. The van der Waals surface area contributed by atoms with Gasteiger partial charge in [0.15, 0.2) is 0 Å². The van der Waals surface area contributed by atoms with Gasteiger partial charge in [-0.1, -0.05) is 26.7 Å². The molecule has 0 atom stereocenters. The highest BCUT2D eigenvalue weighted by molar-refractivity contribution is 5.69. The monoisotopic (exact) mass is 362 g/mol. The molecule has 6 nitrogen and oxygen atoms in total. The van der Waals surface area contributed by atoms with Crippen LogP contribution in [-0.2, 0) is 29.1 Å². The predicted octanol–water partition coefficient (Wildman–Crippen LogP) is 5.10. The molecule has 0 unspecified atom stereocenters. The summed E-state index contributed by atoms with van der Waals surface area (Å²) in [6, 6.07) is 0. The SMILES string of the molecule is CCCCOC(=O)CCC(CCC)(OOC(C)(C)C)OOC(C)(C)C. The van der Waals surface area contributed by atoms with Gasteiger partial charge in [0.05, 0.1) is 24.2 Å². The maximum Gasteiger partial charge on any atom is 0.305 e. The van der Waals surface area contributed by atoms with Gasteiger partial charge < -0.3 is 4.74 Å². The van der Waals surface area contributed by atoms with Gasteiger partial charge in [-0.05, 0) is 48.0 Å². The summed E-state index contributed by atoms with van der Waals surface area (Å²) in [5.74, 6) is -1.42. The fraction of sp³-hybridized carbons (Fsp3) is 0.947. The van der Waals surface area contributed by atoms with Crippen molar-refractivity contribution >= 4 is 5.97 Å². The summed E-state index contributed by atoms with van der Waals surface area (Å²) in [7, 11) is 0. The maximum absolute atomic E-state index is 12.0. The van der Waals surface area contributed by atoms with Crippen LogP contribution in [0, 0.1) is 0 Å². The molecule has 0 spiro atoms. The van der Waals surface area contributed by atoms with Crippen LogP contribution in [0.5, 0.6) is 0 Å². The molecule has 0 aliphatic heterocycles. The lowest BCUT2D eigenvalue weighted by Crippen LogP contribution is -2.41. The minimum absolute atomic E-state index is 0.171. The summed E-state index contributed by atoms with van der Waals surface area (Å²) in [5, 5.41) is 0. The van der Waals surface area contributed by atoms with Crippen LogP contribution in [0.2, 0.25) is 0 Å². The third-order valence-corrected chi connectivity index (χ3v) is 2.99. The molecule has 6 heteroatoms.